The van der Waals surface area contributed by atoms with Crippen molar-refractivity contribution in [1.82, 2.24) is 14.5 Å². The SMILES string of the molecule is COc1ccc2[nH]c(=S)n(CC3(C)CCOCC3)c2n1. The lowest BCUT2D eigenvalue weighted by Gasteiger charge is -2.33. The standard InChI is InChI=1S/C14H19N3O2S/c1-14(5-7-19-8-6-14)9-17-12-10(15-13(17)20)3-4-11(16-12)18-2/h3-4H,5-9H2,1-2H3,(H,15,20). The molecule has 0 aliphatic carbocycles. The van der Waals surface area contributed by atoms with E-state index in [4.69, 9.17) is 21.7 Å². The largest absolute Gasteiger partial charge is 0.481 e. The second-order valence-electron chi connectivity index (χ2n) is 5.66. The van der Waals surface area contributed by atoms with E-state index in [0.717, 1.165) is 43.8 Å². The molecule has 0 saturated carbocycles. The number of H-pyrrole nitrogens is 1. The molecule has 3 heterocycles. The van der Waals surface area contributed by atoms with Gasteiger partial charge in [-0.1, -0.05) is 6.92 Å². The maximum absolute atomic E-state index is 5.46. The third-order valence-corrected chi connectivity index (χ3v) is 4.36. The smallest absolute Gasteiger partial charge is 0.215 e. The van der Waals surface area contributed by atoms with Crippen LogP contribution < -0.4 is 4.74 Å². The average molecular weight is 293 g/mol. The van der Waals surface area contributed by atoms with Crippen molar-refractivity contribution in [2.24, 2.45) is 5.41 Å². The maximum atomic E-state index is 5.46. The molecule has 1 saturated heterocycles. The molecule has 1 N–H and O–H groups in total. The average Bonchev–Trinajstić information content (AvgIpc) is 2.75. The fourth-order valence-electron chi connectivity index (χ4n) is 2.68. The number of ether oxygens (including phenoxy) is 2. The molecule has 2 aromatic heterocycles. The monoisotopic (exact) mass is 293 g/mol. The Morgan fingerprint density at radius 1 is 1.45 bits per heavy atom. The molecule has 0 aromatic carbocycles. The van der Waals surface area contributed by atoms with Crippen LogP contribution in [0.3, 0.4) is 0 Å². The number of hydrogen-bond acceptors (Lipinski definition) is 4. The van der Waals surface area contributed by atoms with Gasteiger partial charge in [-0.25, -0.2) is 0 Å². The highest BCUT2D eigenvalue weighted by Crippen LogP contribution is 2.32. The van der Waals surface area contributed by atoms with E-state index < -0.39 is 0 Å². The van der Waals surface area contributed by atoms with Crippen molar-refractivity contribution in [3.8, 4) is 5.88 Å². The Balaban J connectivity index is 2.01. The van der Waals surface area contributed by atoms with Gasteiger partial charge in [0, 0.05) is 25.8 Å². The second-order valence-corrected chi connectivity index (χ2v) is 6.05. The molecule has 2 aromatic rings. The second kappa shape index (κ2) is 5.18. The van der Waals surface area contributed by atoms with Gasteiger partial charge < -0.3 is 19.0 Å². The van der Waals surface area contributed by atoms with Gasteiger partial charge in [0.1, 0.15) is 0 Å². The minimum absolute atomic E-state index is 0.205. The Kier molecular flexibility index (Phi) is 3.52. The number of fused-ring (bicyclic) bond motifs is 1. The summed E-state index contributed by atoms with van der Waals surface area (Å²) in [5, 5.41) is 0. The molecule has 6 heteroatoms. The van der Waals surface area contributed by atoms with Gasteiger partial charge in [0.15, 0.2) is 10.4 Å². The molecule has 1 aliphatic heterocycles. The number of aromatic amines is 1. The Bertz CT molecular complexity index is 671. The highest BCUT2D eigenvalue weighted by Gasteiger charge is 2.29. The minimum Gasteiger partial charge on any atom is -0.481 e. The van der Waals surface area contributed by atoms with Crippen LogP contribution in [0.25, 0.3) is 11.2 Å². The van der Waals surface area contributed by atoms with E-state index in [9.17, 15) is 0 Å². The van der Waals surface area contributed by atoms with E-state index in [1.165, 1.54) is 0 Å². The molecular weight excluding hydrogens is 274 g/mol. The molecule has 1 aliphatic rings. The Morgan fingerprint density at radius 3 is 2.90 bits per heavy atom. The highest BCUT2D eigenvalue weighted by atomic mass is 32.1. The van der Waals surface area contributed by atoms with Crippen LogP contribution >= 0.6 is 12.2 Å². The predicted molar refractivity (Wildman–Crippen MR) is 79.6 cm³/mol. The van der Waals surface area contributed by atoms with Crippen molar-refractivity contribution in [2.75, 3.05) is 20.3 Å². The first-order valence-corrected chi connectivity index (χ1v) is 7.23. The number of imidazole rings is 1. The molecule has 108 valence electrons. The van der Waals surface area contributed by atoms with Crippen LogP contribution in [-0.2, 0) is 11.3 Å². The summed E-state index contributed by atoms with van der Waals surface area (Å²) in [6.07, 6.45) is 2.09. The van der Waals surface area contributed by atoms with E-state index in [-0.39, 0.29) is 5.41 Å². The van der Waals surface area contributed by atoms with Crippen molar-refractivity contribution in [3.05, 3.63) is 16.9 Å². The van der Waals surface area contributed by atoms with Crippen LogP contribution in [-0.4, -0.2) is 34.9 Å². The molecule has 1 fully saturated rings. The summed E-state index contributed by atoms with van der Waals surface area (Å²) in [4.78, 5) is 7.74. The number of pyridine rings is 1. The maximum Gasteiger partial charge on any atom is 0.215 e. The molecule has 0 spiro atoms. The summed E-state index contributed by atoms with van der Waals surface area (Å²) in [7, 11) is 1.62. The van der Waals surface area contributed by atoms with Crippen LogP contribution in [0, 0.1) is 10.2 Å². The van der Waals surface area contributed by atoms with Gasteiger partial charge in [-0.15, -0.1) is 0 Å². The number of nitrogens with one attached hydrogen (secondary N) is 1. The molecular formula is C14H19N3O2S. The van der Waals surface area contributed by atoms with Crippen molar-refractivity contribution in [1.29, 1.82) is 0 Å². The summed E-state index contributed by atoms with van der Waals surface area (Å²) < 4.78 is 13.5. The third-order valence-electron chi connectivity index (χ3n) is 4.04. The third kappa shape index (κ3) is 2.45. The van der Waals surface area contributed by atoms with E-state index >= 15 is 0 Å². The fourth-order valence-corrected chi connectivity index (χ4v) is 2.94. The van der Waals surface area contributed by atoms with Crippen LogP contribution in [0.1, 0.15) is 19.8 Å². The number of nitrogens with zero attached hydrogens (tertiary/aromatic N) is 2. The van der Waals surface area contributed by atoms with E-state index in [0.29, 0.717) is 10.7 Å². The van der Waals surface area contributed by atoms with Gasteiger partial charge in [-0.05, 0) is 36.5 Å². The molecule has 0 bridgehead atoms. The van der Waals surface area contributed by atoms with Crippen molar-refractivity contribution < 1.29 is 9.47 Å². The van der Waals surface area contributed by atoms with E-state index in [1.54, 1.807) is 7.11 Å². The number of aromatic nitrogens is 3. The first-order chi connectivity index (χ1) is 9.61. The van der Waals surface area contributed by atoms with Crippen LogP contribution in [0.2, 0.25) is 0 Å². The van der Waals surface area contributed by atoms with E-state index in [1.807, 2.05) is 12.1 Å². The quantitative estimate of drug-likeness (QED) is 0.884. The van der Waals surface area contributed by atoms with E-state index in [2.05, 4.69) is 21.5 Å². The molecule has 0 radical (unpaired) electrons. The fraction of sp³-hybridized carbons (Fsp3) is 0.571. The molecule has 0 atom stereocenters. The lowest BCUT2D eigenvalue weighted by Crippen LogP contribution is -2.31. The van der Waals surface area contributed by atoms with Gasteiger partial charge in [0.2, 0.25) is 5.88 Å². The van der Waals surface area contributed by atoms with Crippen molar-refractivity contribution in [3.63, 3.8) is 0 Å². The van der Waals surface area contributed by atoms with Gasteiger partial charge >= 0.3 is 0 Å². The number of hydrogen-bond donors (Lipinski definition) is 1. The van der Waals surface area contributed by atoms with Crippen molar-refractivity contribution >= 4 is 23.4 Å². The van der Waals surface area contributed by atoms with Gasteiger partial charge in [0.05, 0.1) is 12.6 Å². The summed E-state index contributed by atoms with van der Waals surface area (Å²) in [6, 6.07) is 3.80. The van der Waals surface area contributed by atoms with Gasteiger partial charge in [-0.2, -0.15) is 4.98 Å². The van der Waals surface area contributed by atoms with Gasteiger partial charge in [0.25, 0.3) is 0 Å². The molecule has 0 amide bonds. The number of methoxy groups -OCH3 is 1. The van der Waals surface area contributed by atoms with Crippen LogP contribution in [0.5, 0.6) is 5.88 Å². The first-order valence-electron chi connectivity index (χ1n) is 6.83. The van der Waals surface area contributed by atoms with Gasteiger partial charge in [-0.3, -0.25) is 0 Å². The zero-order valence-electron chi connectivity index (χ0n) is 11.8. The first kappa shape index (κ1) is 13.6. The molecule has 20 heavy (non-hydrogen) atoms. The lowest BCUT2D eigenvalue weighted by molar-refractivity contribution is 0.0158. The Labute approximate surface area is 122 Å². The Hall–Kier alpha value is -1.40. The minimum atomic E-state index is 0.205. The summed E-state index contributed by atoms with van der Waals surface area (Å²) in [6.45, 7) is 4.79. The normalized spacial score (nSPS) is 18.3. The summed E-state index contributed by atoms with van der Waals surface area (Å²) in [5.74, 6) is 0.609. The summed E-state index contributed by atoms with van der Waals surface area (Å²) >= 11 is 5.45. The van der Waals surface area contributed by atoms with Crippen LogP contribution in [0.15, 0.2) is 12.1 Å². The molecule has 3 rings (SSSR count). The zero-order chi connectivity index (χ0) is 14.2. The predicted octanol–water partition coefficient (Wildman–Crippen LogP) is 2.92. The summed E-state index contributed by atoms with van der Waals surface area (Å²) in [5.41, 5.74) is 2.02. The highest BCUT2D eigenvalue weighted by molar-refractivity contribution is 7.71. The van der Waals surface area contributed by atoms with Crippen molar-refractivity contribution in [2.45, 2.75) is 26.3 Å². The molecule has 0 unspecified atom stereocenters. The number of rotatable bonds is 3. The van der Waals surface area contributed by atoms with Crippen LogP contribution in [0.4, 0.5) is 0 Å². The lowest BCUT2D eigenvalue weighted by atomic mass is 9.82. The topological polar surface area (TPSA) is 52.1 Å². The zero-order valence-corrected chi connectivity index (χ0v) is 12.6. The Morgan fingerprint density at radius 2 is 2.20 bits per heavy atom. The molecule has 5 nitrogen and oxygen atoms in total.